The van der Waals surface area contributed by atoms with Crippen molar-refractivity contribution in [3.63, 3.8) is 0 Å². The molecule has 0 saturated carbocycles. The fourth-order valence-corrected chi connectivity index (χ4v) is 3.62. The van der Waals surface area contributed by atoms with Crippen LogP contribution in [0.25, 0.3) is 0 Å². The van der Waals surface area contributed by atoms with Crippen LogP contribution in [0.3, 0.4) is 0 Å². The Morgan fingerprint density at radius 1 is 1.45 bits per heavy atom. The van der Waals surface area contributed by atoms with Gasteiger partial charge in [-0.2, -0.15) is 9.40 Å². The van der Waals surface area contributed by atoms with Crippen LogP contribution in [-0.2, 0) is 29.5 Å². The maximum atomic E-state index is 12.4. The number of fused-ring (bicyclic) bond motifs is 1. The number of hydrogen-bond donors (Lipinski definition) is 1. The first kappa shape index (κ1) is 13.3. The molecule has 20 heavy (non-hydrogen) atoms. The molecule has 2 aromatic heterocycles. The van der Waals surface area contributed by atoms with Crippen molar-refractivity contribution in [1.29, 1.82) is 0 Å². The molecule has 1 aliphatic heterocycles. The maximum absolute atomic E-state index is 12.4. The lowest BCUT2D eigenvalue weighted by Crippen LogP contribution is -2.28. The van der Waals surface area contributed by atoms with Gasteiger partial charge in [0.25, 0.3) is 0 Å². The molecule has 3 heterocycles. The van der Waals surface area contributed by atoms with Gasteiger partial charge in [0, 0.05) is 20.0 Å². The van der Waals surface area contributed by atoms with E-state index >= 15 is 0 Å². The van der Waals surface area contributed by atoms with Gasteiger partial charge in [-0.15, -0.1) is 10.2 Å². The Bertz CT molecular complexity index is 732. The van der Waals surface area contributed by atoms with Gasteiger partial charge in [0.1, 0.15) is 16.5 Å². The zero-order valence-electron chi connectivity index (χ0n) is 11.4. The number of rotatable bonds is 4. The molecule has 0 spiro atoms. The molecule has 1 N–H and O–H groups in total. The number of aryl methyl sites for hydroxylation is 2. The summed E-state index contributed by atoms with van der Waals surface area (Å²) >= 11 is 0. The van der Waals surface area contributed by atoms with Crippen molar-refractivity contribution in [1.82, 2.24) is 29.3 Å². The number of aromatic amines is 1. The van der Waals surface area contributed by atoms with Crippen LogP contribution < -0.4 is 0 Å². The number of nitrogens with zero attached hydrogens (tertiary/aromatic N) is 5. The van der Waals surface area contributed by atoms with E-state index in [0.717, 1.165) is 25.2 Å². The smallest absolute Gasteiger partial charge is 0.246 e. The minimum atomic E-state index is -3.56. The summed E-state index contributed by atoms with van der Waals surface area (Å²) in [6.45, 7) is 2.75. The van der Waals surface area contributed by atoms with Crippen LogP contribution in [0.5, 0.6) is 0 Å². The van der Waals surface area contributed by atoms with Gasteiger partial charge < -0.3 is 4.57 Å². The highest BCUT2D eigenvalue weighted by Gasteiger charge is 2.27. The highest BCUT2D eigenvalue weighted by atomic mass is 32.2. The van der Waals surface area contributed by atoms with Gasteiger partial charge in [0.2, 0.25) is 10.0 Å². The van der Waals surface area contributed by atoms with Crippen molar-refractivity contribution < 1.29 is 8.42 Å². The average Bonchev–Trinajstić information content (AvgIpc) is 3.07. The number of hydrogen-bond acceptors (Lipinski definition) is 5. The minimum Gasteiger partial charge on any atom is -0.314 e. The molecular weight excluding hydrogens is 280 g/mol. The fourth-order valence-electron chi connectivity index (χ4n) is 2.38. The van der Waals surface area contributed by atoms with Gasteiger partial charge >= 0.3 is 0 Å². The van der Waals surface area contributed by atoms with E-state index in [4.69, 9.17) is 0 Å². The van der Waals surface area contributed by atoms with Crippen LogP contribution >= 0.6 is 0 Å². The van der Waals surface area contributed by atoms with Crippen LogP contribution in [0.2, 0.25) is 0 Å². The topological polar surface area (TPSA) is 96.8 Å². The zero-order valence-corrected chi connectivity index (χ0v) is 12.2. The second-order valence-electron chi connectivity index (χ2n) is 4.91. The van der Waals surface area contributed by atoms with E-state index in [9.17, 15) is 8.42 Å². The predicted molar refractivity (Wildman–Crippen MR) is 70.3 cm³/mol. The molecule has 0 radical (unpaired) electrons. The molecule has 8 nitrogen and oxygen atoms in total. The van der Waals surface area contributed by atoms with Crippen molar-refractivity contribution in [3.8, 4) is 0 Å². The summed E-state index contributed by atoms with van der Waals surface area (Å²) in [5.74, 6) is 1.62. The first-order valence-electron chi connectivity index (χ1n) is 6.37. The molecule has 0 unspecified atom stereocenters. The van der Waals surface area contributed by atoms with Gasteiger partial charge in [-0.25, -0.2) is 8.42 Å². The first-order valence-corrected chi connectivity index (χ1v) is 7.81. The van der Waals surface area contributed by atoms with Crippen molar-refractivity contribution in [2.24, 2.45) is 0 Å². The molecule has 0 amide bonds. The Morgan fingerprint density at radius 2 is 2.25 bits per heavy atom. The molecule has 0 bridgehead atoms. The number of sulfonamides is 1. The lowest BCUT2D eigenvalue weighted by atomic mass is 10.4. The molecule has 0 aliphatic carbocycles. The first-order chi connectivity index (χ1) is 9.50. The van der Waals surface area contributed by atoms with Gasteiger partial charge in [-0.05, 0) is 13.3 Å². The third kappa shape index (κ3) is 2.02. The number of nitrogens with one attached hydrogen (secondary N) is 1. The van der Waals surface area contributed by atoms with Crippen molar-refractivity contribution in [2.75, 3.05) is 7.05 Å². The second kappa shape index (κ2) is 4.67. The van der Waals surface area contributed by atoms with Crippen molar-refractivity contribution in [3.05, 3.63) is 23.5 Å². The van der Waals surface area contributed by atoms with Gasteiger partial charge in [-0.1, -0.05) is 0 Å². The van der Waals surface area contributed by atoms with Crippen LogP contribution in [0.4, 0.5) is 0 Å². The molecule has 0 aromatic carbocycles. The Kier molecular flexibility index (Phi) is 3.09. The normalized spacial score (nSPS) is 14.9. The molecule has 1 aliphatic rings. The van der Waals surface area contributed by atoms with E-state index in [1.807, 2.05) is 4.57 Å². The third-order valence-electron chi connectivity index (χ3n) is 3.52. The van der Waals surface area contributed by atoms with Crippen LogP contribution in [-0.4, -0.2) is 44.7 Å². The Labute approximate surface area is 116 Å². The molecular formula is C11H16N6O2S. The highest BCUT2D eigenvalue weighted by molar-refractivity contribution is 7.89. The van der Waals surface area contributed by atoms with E-state index < -0.39 is 10.0 Å². The van der Waals surface area contributed by atoms with Crippen LogP contribution in [0, 0.1) is 6.92 Å². The summed E-state index contributed by atoms with van der Waals surface area (Å²) in [6.07, 6.45) is 3.27. The summed E-state index contributed by atoms with van der Waals surface area (Å²) in [6, 6.07) is 0. The maximum Gasteiger partial charge on any atom is 0.246 e. The second-order valence-corrected chi connectivity index (χ2v) is 6.92. The lowest BCUT2D eigenvalue weighted by molar-refractivity contribution is 0.446. The SMILES string of the molecule is Cc1[nH]ncc1S(=O)(=O)N(C)Cc1nnc2n1CCC2. The molecule has 9 heteroatoms. The Hall–Kier alpha value is -1.74. The fraction of sp³-hybridized carbons (Fsp3) is 0.545. The van der Waals surface area contributed by atoms with E-state index in [0.29, 0.717) is 11.5 Å². The largest absolute Gasteiger partial charge is 0.314 e. The lowest BCUT2D eigenvalue weighted by Gasteiger charge is -2.16. The van der Waals surface area contributed by atoms with E-state index in [-0.39, 0.29) is 11.4 Å². The Balaban J connectivity index is 1.86. The quantitative estimate of drug-likeness (QED) is 0.861. The predicted octanol–water partition coefficient (Wildman–Crippen LogP) is 0.0765. The molecule has 0 saturated heterocycles. The summed E-state index contributed by atoms with van der Waals surface area (Å²) in [5, 5.41) is 14.6. The van der Waals surface area contributed by atoms with E-state index in [1.54, 1.807) is 14.0 Å². The summed E-state index contributed by atoms with van der Waals surface area (Å²) in [4.78, 5) is 0.196. The number of H-pyrrole nitrogens is 1. The van der Waals surface area contributed by atoms with E-state index in [2.05, 4.69) is 20.4 Å². The van der Waals surface area contributed by atoms with Crippen molar-refractivity contribution >= 4 is 10.0 Å². The average molecular weight is 296 g/mol. The highest BCUT2D eigenvalue weighted by Crippen LogP contribution is 2.20. The van der Waals surface area contributed by atoms with Gasteiger partial charge in [0.15, 0.2) is 0 Å². The monoisotopic (exact) mass is 296 g/mol. The minimum absolute atomic E-state index is 0.196. The van der Waals surface area contributed by atoms with E-state index in [1.165, 1.54) is 10.5 Å². The molecule has 2 aromatic rings. The van der Waals surface area contributed by atoms with Gasteiger partial charge in [-0.3, -0.25) is 5.10 Å². The molecule has 0 atom stereocenters. The summed E-state index contributed by atoms with van der Waals surface area (Å²) in [7, 11) is -2.02. The number of aromatic nitrogens is 5. The zero-order chi connectivity index (χ0) is 14.3. The van der Waals surface area contributed by atoms with Gasteiger partial charge in [0.05, 0.1) is 18.4 Å². The summed E-state index contributed by atoms with van der Waals surface area (Å²) in [5.41, 5.74) is 0.531. The summed E-state index contributed by atoms with van der Waals surface area (Å²) < 4.78 is 28.2. The molecule has 108 valence electrons. The van der Waals surface area contributed by atoms with Crippen LogP contribution in [0.1, 0.15) is 23.8 Å². The Morgan fingerprint density at radius 3 is 2.95 bits per heavy atom. The molecule has 3 rings (SSSR count). The van der Waals surface area contributed by atoms with Crippen LogP contribution in [0.15, 0.2) is 11.1 Å². The molecule has 0 fully saturated rings. The third-order valence-corrected chi connectivity index (χ3v) is 5.44. The van der Waals surface area contributed by atoms with Crippen molar-refractivity contribution in [2.45, 2.75) is 37.8 Å². The standard InChI is InChI=1S/C11H16N6O2S/c1-8-9(6-12-13-8)20(18,19)16(2)7-11-15-14-10-4-3-5-17(10)11/h6H,3-5,7H2,1-2H3,(H,12,13).